The van der Waals surface area contributed by atoms with E-state index in [1.54, 1.807) is 20.3 Å². The molecule has 0 unspecified atom stereocenters. The van der Waals surface area contributed by atoms with E-state index in [2.05, 4.69) is 45.9 Å². The van der Waals surface area contributed by atoms with Crippen molar-refractivity contribution in [3.63, 3.8) is 0 Å². The molecule has 0 fully saturated rings. The zero-order valence-electron chi connectivity index (χ0n) is 28.2. The average molecular weight is 627 g/mol. The number of ether oxygens (including phenoxy) is 4. The molecule has 3 aromatic carbocycles. The highest BCUT2D eigenvalue weighted by atomic mass is 16.6. The van der Waals surface area contributed by atoms with E-state index in [0.717, 1.165) is 60.2 Å². The van der Waals surface area contributed by atoms with Crippen LogP contribution in [-0.2, 0) is 13.1 Å². The molecule has 0 spiro atoms. The quantitative estimate of drug-likeness (QED) is 0.110. The maximum atomic E-state index is 14.3. The van der Waals surface area contributed by atoms with Crippen molar-refractivity contribution in [2.75, 3.05) is 53.6 Å². The van der Waals surface area contributed by atoms with E-state index in [1.165, 1.54) is 16.7 Å². The van der Waals surface area contributed by atoms with Gasteiger partial charge >= 0.3 is 0 Å². The largest absolute Gasteiger partial charge is 0.496 e. The van der Waals surface area contributed by atoms with Gasteiger partial charge in [0.25, 0.3) is 5.91 Å². The van der Waals surface area contributed by atoms with E-state index in [9.17, 15) is 4.79 Å². The van der Waals surface area contributed by atoms with Crippen molar-refractivity contribution in [3.8, 4) is 23.0 Å². The molecule has 0 bridgehead atoms. The number of fused-ring (bicyclic) bond motifs is 2. The maximum absolute atomic E-state index is 14.3. The first-order valence-corrected chi connectivity index (χ1v) is 16.4. The zero-order chi connectivity index (χ0) is 32.7. The molecule has 4 aromatic rings. The Morgan fingerprint density at radius 2 is 1.57 bits per heavy atom. The fourth-order valence-corrected chi connectivity index (χ4v) is 6.60. The molecule has 8 heteroatoms. The molecule has 2 heterocycles. The number of quaternary nitrogens is 1. The van der Waals surface area contributed by atoms with Crippen LogP contribution in [0.2, 0.25) is 0 Å². The number of nitrogens with zero attached hydrogens (tertiary/aromatic N) is 3. The van der Waals surface area contributed by atoms with Crippen molar-refractivity contribution in [1.82, 2.24) is 9.88 Å². The van der Waals surface area contributed by atoms with Crippen molar-refractivity contribution in [1.29, 1.82) is 0 Å². The molecule has 0 atom stereocenters. The van der Waals surface area contributed by atoms with Crippen LogP contribution in [0.1, 0.15) is 59.4 Å². The number of aryl methyl sites for hydroxylation is 2. The van der Waals surface area contributed by atoms with Crippen LogP contribution in [0.25, 0.3) is 10.9 Å². The number of hydrogen-bond donors (Lipinski definition) is 0. The molecule has 1 aromatic heterocycles. The van der Waals surface area contributed by atoms with Gasteiger partial charge < -0.3 is 28.3 Å². The van der Waals surface area contributed by atoms with E-state index in [4.69, 9.17) is 23.9 Å². The molecular weight excluding hydrogens is 578 g/mol. The second-order valence-corrected chi connectivity index (χ2v) is 12.3. The predicted molar refractivity (Wildman–Crippen MR) is 182 cm³/mol. The van der Waals surface area contributed by atoms with E-state index in [0.29, 0.717) is 54.8 Å². The minimum Gasteiger partial charge on any atom is -0.496 e. The smallest absolute Gasteiger partial charge is 0.272 e. The first kappa shape index (κ1) is 33.1. The first-order valence-electron chi connectivity index (χ1n) is 16.4. The number of aromatic nitrogens is 1. The summed E-state index contributed by atoms with van der Waals surface area (Å²) in [6.07, 6.45) is 1.87. The molecule has 8 nitrogen and oxygen atoms in total. The monoisotopic (exact) mass is 626 g/mol. The highest BCUT2D eigenvalue weighted by Gasteiger charge is 2.26. The van der Waals surface area contributed by atoms with Gasteiger partial charge in [-0.15, -0.1) is 0 Å². The van der Waals surface area contributed by atoms with E-state index in [-0.39, 0.29) is 5.91 Å². The van der Waals surface area contributed by atoms with E-state index >= 15 is 0 Å². The Kier molecular flexibility index (Phi) is 10.7. The minimum atomic E-state index is -0.150. The Hall–Kier alpha value is -4.30. The second kappa shape index (κ2) is 14.9. The van der Waals surface area contributed by atoms with Crippen LogP contribution >= 0.6 is 0 Å². The molecule has 0 radical (unpaired) electrons. The summed E-state index contributed by atoms with van der Waals surface area (Å²) in [4.78, 5) is 21.0. The molecule has 0 aliphatic carbocycles. The van der Waals surface area contributed by atoms with Gasteiger partial charge in [0.1, 0.15) is 42.5 Å². The zero-order valence-corrected chi connectivity index (χ0v) is 28.2. The molecule has 0 N–H and O–H groups in total. The number of rotatable bonds is 14. The Morgan fingerprint density at radius 1 is 0.848 bits per heavy atom. The molecule has 1 amide bonds. The lowest BCUT2D eigenvalue weighted by atomic mass is 10.1. The molecule has 0 saturated heterocycles. The highest BCUT2D eigenvalue weighted by molar-refractivity contribution is 5.98. The Labute approximate surface area is 273 Å². The van der Waals surface area contributed by atoms with E-state index < -0.39 is 0 Å². The molecular formula is C38H48N3O5+. The van der Waals surface area contributed by atoms with Gasteiger partial charge in [0.15, 0.2) is 11.5 Å². The van der Waals surface area contributed by atoms with Gasteiger partial charge in [0, 0.05) is 30.1 Å². The second-order valence-electron chi connectivity index (χ2n) is 12.3. The van der Waals surface area contributed by atoms with Crippen molar-refractivity contribution in [2.24, 2.45) is 0 Å². The van der Waals surface area contributed by atoms with Gasteiger partial charge in [-0.2, -0.15) is 0 Å². The minimum absolute atomic E-state index is 0.150. The van der Waals surface area contributed by atoms with Gasteiger partial charge in [0.05, 0.1) is 33.9 Å². The number of carbonyl (C=O) groups is 1. The number of para-hydroxylation sites is 1. The summed E-state index contributed by atoms with van der Waals surface area (Å²) in [7, 11) is 3.22. The van der Waals surface area contributed by atoms with E-state index in [1.807, 2.05) is 41.3 Å². The number of carbonyl (C=O) groups excluding carboxylic acids is 1. The van der Waals surface area contributed by atoms with Gasteiger partial charge in [-0.1, -0.05) is 41.5 Å². The van der Waals surface area contributed by atoms with Gasteiger partial charge in [-0.25, -0.2) is 4.98 Å². The third kappa shape index (κ3) is 7.56. The summed E-state index contributed by atoms with van der Waals surface area (Å²) in [6.45, 7) is 15.2. The topological polar surface area (TPSA) is 70.1 Å². The van der Waals surface area contributed by atoms with Crippen LogP contribution < -0.4 is 18.9 Å². The van der Waals surface area contributed by atoms with Crippen LogP contribution in [0.4, 0.5) is 0 Å². The highest BCUT2D eigenvalue weighted by Crippen LogP contribution is 2.33. The van der Waals surface area contributed by atoms with Gasteiger partial charge in [0.2, 0.25) is 0 Å². The van der Waals surface area contributed by atoms with Crippen molar-refractivity contribution < 1.29 is 28.2 Å². The van der Waals surface area contributed by atoms with Gasteiger partial charge in [-0.05, 0) is 70.4 Å². The molecule has 1 aliphatic rings. The van der Waals surface area contributed by atoms with Crippen molar-refractivity contribution >= 4 is 16.8 Å². The predicted octanol–water partition coefficient (Wildman–Crippen LogP) is 7.12. The lowest BCUT2D eigenvalue weighted by Gasteiger charge is -2.37. The van der Waals surface area contributed by atoms with Crippen LogP contribution in [-0.4, -0.2) is 73.9 Å². The number of unbranched alkanes of at least 4 members (excludes halogenated alkanes) is 1. The molecule has 46 heavy (non-hydrogen) atoms. The maximum Gasteiger partial charge on any atom is 0.272 e. The molecule has 1 aliphatic heterocycles. The molecule has 244 valence electrons. The lowest BCUT2D eigenvalue weighted by Crippen LogP contribution is -2.47. The third-order valence-electron chi connectivity index (χ3n) is 9.14. The first-order chi connectivity index (χ1) is 22.3. The fourth-order valence-electron chi connectivity index (χ4n) is 6.60. The van der Waals surface area contributed by atoms with Crippen LogP contribution in [0.15, 0.2) is 60.7 Å². The van der Waals surface area contributed by atoms with Crippen molar-refractivity contribution in [2.45, 2.75) is 53.6 Å². The average Bonchev–Trinajstić information content (AvgIpc) is 3.07. The summed E-state index contributed by atoms with van der Waals surface area (Å²) in [6, 6.07) is 20.2. The third-order valence-corrected chi connectivity index (χ3v) is 9.14. The van der Waals surface area contributed by atoms with Gasteiger partial charge in [-0.3, -0.25) is 4.79 Å². The number of hydrogen-bond acceptors (Lipinski definition) is 6. The van der Waals surface area contributed by atoms with Crippen LogP contribution in [0.3, 0.4) is 0 Å². The molecule has 5 rings (SSSR count). The lowest BCUT2D eigenvalue weighted by molar-refractivity contribution is -0.938. The normalized spacial score (nSPS) is 12.7. The van der Waals surface area contributed by atoms with Crippen molar-refractivity contribution in [3.05, 3.63) is 88.6 Å². The summed E-state index contributed by atoms with van der Waals surface area (Å²) < 4.78 is 23.9. The standard InChI is InChI=1S/C38H48N3O5/c1-7-41(8-2,26-30-21-27(3)20-28(4)22-30)17-10-9-16-40(25-29-14-15-33-36(23-29)46-19-18-45-33)38(42)32-24-35(44-6)31-12-11-13-34(43-5)37(31)39-32/h11-15,20-24H,7-10,16-19,25-26H2,1-6H3/q+1. The number of methoxy groups -OCH3 is 2. The SMILES string of the molecule is CC[N+](CC)(CCCCN(Cc1ccc2c(c1)OCCO2)C(=O)c1cc(OC)c2cccc(OC)c2n1)Cc1cc(C)cc(C)c1. The summed E-state index contributed by atoms with van der Waals surface area (Å²) >= 11 is 0. The summed E-state index contributed by atoms with van der Waals surface area (Å²) in [5.74, 6) is 2.48. The Bertz CT molecular complexity index is 1650. The summed E-state index contributed by atoms with van der Waals surface area (Å²) in [5, 5.41) is 0.800. The Morgan fingerprint density at radius 3 is 2.26 bits per heavy atom. The number of amides is 1. The Balaban J connectivity index is 1.38. The molecule has 0 saturated carbocycles. The fraction of sp³-hybridized carbons (Fsp3) is 0.421. The number of pyridine rings is 1. The van der Waals surface area contributed by atoms with Crippen LogP contribution in [0, 0.1) is 13.8 Å². The number of benzene rings is 3. The summed E-state index contributed by atoms with van der Waals surface area (Å²) in [5.41, 5.74) is 5.92. The van der Waals surface area contributed by atoms with Crippen LogP contribution in [0.5, 0.6) is 23.0 Å².